The molecule has 1 fully saturated rings. The van der Waals surface area contributed by atoms with Crippen molar-refractivity contribution < 1.29 is 9.53 Å². The number of carbonyl (C=O) groups is 1. The topological polar surface area (TPSA) is 67.6 Å². The fourth-order valence-electron chi connectivity index (χ4n) is 2.33. The van der Waals surface area contributed by atoms with E-state index in [1.54, 1.807) is 0 Å². The minimum atomic E-state index is -0.440. The molecule has 2 atom stereocenters. The Morgan fingerprint density at radius 3 is 2.67 bits per heavy atom. The summed E-state index contributed by atoms with van der Waals surface area (Å²) < 4.78 is 5.23. The molecule has 1 aliphatic heterocycles. The van der Waals surface area contributed by atoms with Crippen LogP contribution in [0.5, 0.6) is 0 Å². The number of ether oxygens (including phenoxy) is 1. The van der Waals surface area contributed by atoms with Crippen molar-refractivity contribution in [3.63, 3.8) is 0 Å². The average molecular weight is 257 g/mol. The van der Waals surface area contributed by atoms with Crippen molar-refractivity contribution in [3.8, 4) is 0 Å². The van der Waals surface area contributed by atoms with Gasteiger partial charge in [-0.1, -0.05) is 0 Å². The Hall–Kier alpha value is -0.810. The second kappa shape index (κ2) is 6.38. The van der Waals surface area contributed by atoms with E-state index in [1.165, 1.54) is 0 Å². The first-order chi connectivity index (χ1) is 8.31. The van der Waals surface area contributed by atoms with Gasteiger partial charge in [0.25, 0.3) is 0 Å². The lowest BCUT2D eigenvalue weighted by Crippen LogP contribution is -2.46. The van der Waals surface area contributed by atoms with Gasteiger partial charge in [-0.15, -0.1) is 0 Å². The van der Waals surface area contributed by atoms with Crippen molar-refractivity contribution in [1.29, 1.82) is 0 Å². The minimum absolute atomic E-state index is 0.336. The third kappa shape index (κ3) is 5.23. The van der Waals surface area contributed by atoms with Crippen LogP contribution in [0.3, 0.4) is 0 Å². The molecule has 0 aromatic heterocycles. The Morgan fingerprint density at radius 1 is 1.44 bits per heavy atom. The largest absolute Gasteiger partial charge is 0.444 e. The number of rotatable bonds is 3. The molecule has 0 spiro atoms. The van der Waals surface area contributed by atoms with Gasteiger partial charge in [0, 0.05) is 13.1 Å². The predicted octanol–water partition coefficient (Wildman–Crippen LogP) is 1.04. The molecule has 1 aliphatic rings. The number of likely N-dealkylation sites (tertiary alicyclic amines) is 1. The van der Waals surface area contributed by atoms with E-state index in [-0.39, 0.29) is 6.09 Å². The van der Waals surface area contributed by atoms with Gasteiger partial charge in [-0.2, -0.15) is 0 Å². The zero-order valence-electron chi connectivity index (χ0n) is 12.0. The molecule has 1 amide bonds. The summed E-state index contributed by atoms with van der Waals surface area (Å²) in [6, 6.07) is 0. The lowest BCUT2D eigenvalue weighted by Gasteiger charge is -2.36. The molecule has 5 heteroatoms. The van der Waals surface area contributed by atoms with Gasteiger partial charge < -0.3 is 20.7 Å². The number of amides is 1. The zero-order valence-corrected chi connectivity index (χ0v) is 12.0. The minimum Gasteiger partial charge on any atom is -0.444 e. The van der Waals surface area contributed by atoms with Gasteiger partial charge in [0.15, 0.2) is 0 Å². The highest BCUT2D eigenvalue weighted by atomic mass is 16.6. The Kier molecular flexibility index (Phi) is 5.41. The van der Waals surface area contributed by atoms with Crippen LogP contribution in [0.15, 0.2) is 0 Å². The van der Waals surface area contributed by atoms with Crippen LogP contribution < -0.4 is 11.1 Å². The van der Waals surface area contributed by atoms with E-state index in [0.29, 0.717) is 24.9 Å². The summed E-state index contributed by atoms with van der Waals surface area (Å²) in [5.41, 5.74) is 5.35. The molecule has 0 unspecified atom stereocenters. The Morgan fingerprint density at radius 2 is 2.11 bits per heavy atom. The summed E-state index contributed by atoms with van der Waals surface area (Å²) in [5, 5.41) is 2.85. The molecule has 1 rings (SSSR count). The number of alkyl carbamates (subject to hydrolysis) is 1. The molecule has 0 bridgehead atoms. The van der Waals surface area contributed by atoms with Gasteiger partial charge in [0.2, 0.25) is 0 Å². The molecule has 1 heterocycles. The van der Waals surface area contributed by atoms with Crippen molar-refractivity contribution >= 4 is 6.09 Å². The summed E-state index contributed by atoms with van der Waals surface area (Å²) in [7, 11) is 2.11. The summed E-state index contributed by atoms with van der Waals surface area (Å²) in [4.78, 5) is 13.9. The number of hydrogen-bond donors (Lipinski definition) is 2. The highest BCUT2D eigenvalue weighted by Gasteiger charge is 2.27. The molecule has 0 aromatic rings. The van der Waals surface area contributed by atoms with Crippen molar-refractivity contribution in [2.45, 2.75) is 32.8 Å². The molecule has 0 radical (unpaired) electrons. The molecular formula is C13H27N3O2. The highest BCUT2D eigenvalue weighted by molar-refractivity contribution is 5.67. The first kappa shape index (κ1) is 15.2. The van der Waals surface area contributed by atoms with Crippen LogP contribution in [-0.4, -0.2) is 49.8 Å². The first-order valence-corrected chi connectivity index (χ1v) is 6.67. The van der Waals surface area contributed by atoms with Crippen molar-refractivity contribution in [3.05, 3.63) is 0 Å². The molecular weight excluding hydrogens is 230 g/mol. The monoisotopic (exact) mass is 257 g/mol. The highest BCUT2D eigenvalue weighted by Crippen LogP contribution is 2.21. The van der Waals surface area contributed by atoms with Crippen molar-refractivity contribution in [1.82, 2.24) is 10.2 Å². The Labute approximate surface area is 110 Å². The van der Waals surface area contributed by atoms with Crippen LogP contribution in [0, 0.1) is 11.8 Å². The number of nitrogens with one attached hydrogen (secondary N) is 1. The fraction of sp³-hybridized carbons (Fsp3) is 0.923. The fourth-order valence-corrected chi connectivity index (χ4v) is 2.33. The van der Waals surface area contributed by atoms with Crippen LogP contribution in [0.25, 0.3) is 0 Å². The Bertz CT molecular complexity index is 276. The summed E-state index contributed by atoms with van der Waals surface area (Å²) >= 11 is 0. The van der Waals surface area contributed by atoms with Gasteiger partial charge >= 0.3 is 6.09 Å². The molecule has 3 N–H and O–H groups in total. The molecule has 5 nitrogen and oxygen atoms in total. The zero-order chi connectivity index (χ0) is 13.8. The maximum Gasteiger partial charge on any atom is 0.407 e. The summed E-state index contributed by atoms with van der Waals surface area (Å²) in [6.07, 6.45) is 0.742. The predicted molar refractivity (Wildman–Crippen MR) is 72.4 cm³/mol. The molecule has 18 heavy (non-hydrogen) atoms. The Balaban J connectivity index is 2.35. The maximum atomic E-state index is 11.6. The van der Waals surface area contributed by atoms with E-state index in [0.717, 1.165) is 19.5 Å². The van der Waals surface area contributed by atoms with Crippen LogP contribution in [0.1, 0.15) is 27.2 Å². The molecule has 0 saturated carbocycles. The quantitative estimate of drug-likeness (QED) is 0.792. The van der Waals surface area contributed by atoms with E-state index >= 15 is 0 Å². The summed E-state index contributed by atoms with van der Waals surface area (Å²) in [6.45, 7) is 9.00. The van der Waals surface area contributed by atoms with E-state index in [2.05, 4.69) is 17.3 Å². The summed E-state index contributed by atoms with van der Waals surface area (Å²) in [5.74, 6) is 0.914. The lowest BCUT2D eigenvalue weighted by molar-refractivity contribution is 0.0497. The number of nitrogens with two attached hydrogens (primary N) is 1. The smallest absolute Gasteiger partial charge is 0.407 e. The first-order valence-electron chi connectivity index (χ1n) is 6.67. The third-order valence-corrected chi connectivity index (χ3v) is 3.30. The van der Waals surface area contributed by atoms with E-state index in [1.807, 2.05) is 20.8 Å². The second-order valence-corrected chi connectivity index (χ2v) is 6.19. The third-order valence-electron chi connectivity index (χ3n) is 3.30. The number of nitrogens with zero attached hydrogens (tertiary/aromatic N) is 1. The van der Waals surface area contributed by atoms with E-state index < -0.39 is 5.60 Å². The van der Waals surface area contributed by atoms with Gasteiger partial charge in [0.1, 0.15) is 5.60 Å². The van der Waals surface area contributed by atoms with E-state index in [9.17, 15) is 4.79 Å². The number of hydrogen-bond acceptors (Lipinski definition) is 4. The van der Waals surface area contributed by atoms with Crippen LogP contribution in [0.4, 0.5) is 4.79 Å². The van der Waals surface area contributed by atoms with Gasteiger partial charge in [-0.05, 0) is 59.2 Å². The normalized spacial score (nSPS) is 25.8. The van der Waals surface area contributed by atoms with Crippen LogP contribution in [-0.2, 0) is 4.74 Å². The lowest BCUT2D eigenvalue weighted by atomic mass is 9.85. The average Bonchev–Trinajstić information content (AvgIpc) is 2.24. The molecule has 106 valence electrons. The van der Waals surface area contributed by atoms with Crippen molar-refractivity contribution in [2.24, 2.45) is 17.6 Å². The molecule has 0 aliphatic carbocycles. The number of piperidine rings is 1. The van der Waals surface area contributed by atoms with E-state index in [4.69, 9.17) is 10.5 Å². The van der Waals surface area contributed by atoms with Gasteiger partial charge in [0.05, 0.1) is 0 Å². The number of carbonyl (C=O) groups excluding carboxylic acids is 1. The van der Waals surface area contributed by atoms with Crippen molar-refractivity contribution in [2.75, 3.05) is 33.2 Å². The van der Waals surface area contributed by atoms with Gasteiger partial charge in [-0.25, -0.2) is 4.79 Å². The van der Waals surface area contributed by atoms with Gasteiger partial charge in [-0.3, -0.25) is 0 Å². The SMILES string of the molecule is CN1CC[C@@H](CNC(=O)OC(C)(C)C)[C@@H](CN)C1. The maximum absolute atomic E-state index is 11.6. The second-order valence-electron chi connectivity index (χ2n) is 6.19. The van der Waals surface area contributed by atoms with Crippen LogP contribution >= 0.6 is 0 Å². The van der Waals surface area contributed by atoms with Crippen LogP contribution in [0.2, 0.25) is 0 Å². The molecule has 0 aromatic carbocycles. The standard InChI is InChI=1S/C13H27N3O2/c1-13(2,3)18-12(17)15-8-10-5-6-16(4)9-11(10)7-14/h10-11H,5-9,14H2,1-4H3,(H,15,17)/t10-,11-/m0/s1. The molecule has 1 saturated heterocycles.